The molecule has 52 heavy (non-hydrogen) atoms. The van der Waals surface area contributed by atoms with E-state index in [0.29, 0.717) is 6.42 Å². The number of aliphatic hydroxyl groups is 1. The fraction of sp³-hybridized carbons (Fsp3) is 0.413. The number of rotatable bonds is 28. The van der Waals surface area contributed by atoms with Gasteiger partial charge in [0.15, 0.2) is 5.78 Å². The number of carbonyl (C=O) groups excluding carboxylic acids is 3. The third-order valence-corrected chi connectivity index (χ3v) is 6.77. The van der Waals surface area contributed by atoms with Gasteiger partial charge in [0, 0.05) is 12.8 Å². The minimum Gasteiger partial charge on any atom is -0.469 e. The predicted molar refractivity (Wildman–Crippen MR) is 221 cm³/mol. The van der Waals surface area contributed by atoms with Gasteiger partial charge in [-0.15, -0.1) is 0 Å². The van der Waals surface area contributed by atoms with Gasteiger partial charge >= 0.3 is 11.9 Å². The molecule has 0 aromatic rings. The second-order valence-corrected chi connectivity index (χ2v) is 11.3. The van der Waals surface area contributed by atoms with Gasteiger partial charge < -0.3 is 14.6 Å². The first kappa shape index (κ1) is 49.6. The Morgan fingerprint density at radius 2 is 0.808 bits per heavy atom. The van der Waals surface area contributed by atoms with Crippen molar-refractivity contribution in [3.8, 4) is 0 Å². The predicted octanol–water partition coefficient (Wildman–Crippen LogP) is 11.4. The molecule has 0 aliphatic heterocycles. The minimum absolute atomic E-state index is 0.0730. The zero-order chi connectivity index (χ0) is 38.6. The molecule has 1 atom stereocenters. The summed E-state index contributed by atoms with van der Waals surface area (Å²) in [4.78, 5) is 33.3. The molecule has 6 heteroatoms. The molecule has 0 saturated heterocycles. The fourth-order valence-corrected chi connectivity index (χ4v) is 3.85. The lowest BCUT2D eigenvalue weighted by molar-refractivity contribution is -0.142. The summed E-state index contributed by atoms with van der Waals surface area (Å²) in [5.41, 5.74) is 0. The van der Waals surface area contributed by atoms with Crippen molar-refractivity contribution in [2.24, 2.45) is 0 Å². The van der Waals surface area contributed by atoms with E-state index in [2.05, 4.69) is 121 Å². The largest absolute Gasteiger partial charge is 0.469 e. The number of hydrogen-bond acceptors (Lipinski definition) is 6. The quantitative estimate of drug-likeness (QED) is 0.0375. The van der Waals surface area contributed by atoms with Crippen LogP contribution in [0, 0.1) is 0 Å². The summed E-state index contributed by atoms with van der Waals surface area (Å²) in [7, 11) is 2.67. The smallest absolute Gasteiger partial charge is 0.305 e. The van der Waals surface area contributed by atoms with Crippen molar-refractivity contribution >= 4 is 17.7 Å². The highest BCUT2D eigenvalue weighted by atomic mass is 16.5. The molecule has 0 rings (SSSR count). The molecule has 1 N–H and O–H groups in total. The Morgan fingerprint density at radius 1 is 0.462 bits per heavy atom. The van der Waals surface area contributed by atoms with Crippen LogP contribution in [0.5, 0.6) is 0 Å². The molecule has 0 unspecified atom stereocenters. The van der Waals surface area contributed by atoms with Gasteiger partial charge in [0.25, 0.3) is 0 Å². The number of carbonyl (C=O) groups is 3. The number of methoxy groups -OCH3 is 2. The maximum Gasteiger partial charge on any atom is 0.305 e. The van der Waals surface area contributed by atoms with Gasteiger partial charge in [-0.2, -0.15) is 0 Å². The number of allylic oxidation sites excluding steroid dienone is 23. The van der Waals surface area contributed by atoms with Crippen molar-refractivity contribution in [2.45, 2.75) is 110 Å². The molecule has 0 aliphatic rings. The summed E-state index contributed by atoms with van der Waals surface area (Å²) in [6.45, 7) is 4.28. The van der Waals surface area contributed by atoms with Gasteiger partial charge in [-0.1, -0.05) is 154 Å². The van der Waals surface area contributed by atoms with Gasteiger partial charge in [-0.3, -0.25) is 14.4 Å². The van der Waals surface area contributed by atoms with Crippen LogP contribution in [0.3, 0.4) is 0 Å². The van der Waals surface area contributed by atoms with Crippen molar-refractivity contribution in [3.63, 3.8) is 0 Å². The topological polar surface area (TPSA) is 89.9 Å². The van der Waals surface area contributed by atoms with Crippen LogP contribution in [0.2, 0.25) is 0 Å². The van der Waals surface area contributed by atoms with Gasteiger partial charge in [0.05, 0.1) is 26.7 Å². The molecule has 0 spiro atoms. The first-order valence-electron chi connectivity index (χ1n) is 18.6. The Balaban J connectivity index is 0. The lowest BCUT2D eigenvalue weighted by Gasteiger charge is -2.02. The van der Waals surface area contributed by atoms with Crippen LogP contribution in [0.25, 0.3) is 0 Å². The number of ether oxygens (including phenoxy) is 2. The third kappa shape index (κ3) is 43.5. The second-order valence-electron chi connectivity index (χ2n) is 11.3. The van der Waals surface area contributed by atoms with Crippen LogP contribution in [-0.2, 0) is 23.9 Å². The summed E-state index contributed by atoms with van der Waals surface area (Å²) in [5, 5.41) is 9.65. The first-order chi connectivity index (χ1) is 25.4. The average Bonchev–Trinajstić information content (AvgIpc) is 3.15. The van der Waals surface area contributed by atoms with Crippen LogP contribution in [0.15, 0.2) is 146 Å². The summed E-state index contributed by atoms with van der Waals surface area (Å²) >= 11 is 0. The van der Waals surface area contributed by atoms with E-state index in [1.54, 1.807) is 18.2 Å². The van der Waals surface area contributed by atoms with E-state index in [4.69, 9.17) is 0 Å². The Bertz CT molecular complexity index is 1250. The zero-order valence-corrected chi connectivity index (χ0v) is 32.3. The standard InChI is InChI=1S/C23H34O3.C23H32O3/c2*1-3-4-5-6-7-8-9-10-11-12-13-14-15-16-17-18-19-22(24)20-21-23(25)26-2/h4-5,7-8,10-11,13-14,16-19,22,24H,3,6,9,12,15,20-21H2,1-2H3;4-5,7-8,10-11,13-14,16-19H,3,6,9,12,15,20-21H2,1-2H3/b2*5-4-,8-7-,11-10-,14-13-,17-16-,19-18+/t22-;/m1./s1. The first-order valence-corrected chi connectivity index (χ1v) is 18.6. The lowest BCUT2D eigenvalue weighted by atomic mass is 10.2. The van der Waals surface area contributed by atoms with E-state index in [1.165, 1.54) is 20.3 Å². The Labute approximate surface area is 315 Å². The number of aliphatic hydroxyl groups excluding tert-OH is 1. The SMILES string of the molecule is CC/C=C\C/C=C\C/C=C\C/C=C\C/C=C\C=C\C(=O)CCC(=O)OC.CC/C=C\C/C=C\C/C=C\C/C=C\C/C=C\C=C\[C@@H](O)CCC(=O)OC. The average molecular weight is 715 g/mol. The molecule has 0 aromatic carbocycles. The molecule has 0 bridgehead atoms. The van der Waals surface area contributed by atoms with Gasteiger partial charge in [-0.25, -0.2) is 0 Å². The van der Waals surface area contributed by atoms with E-state index in [1.807, 2.05) is 24.3 Å². The summed E-state index contributed by atoms with van der Waals surface area (Å²) < 4.78 is 9.02. The Kier molecular flexibility index (Phi) is 40.6. The molecule has 0 aromatic heterocycles. The molecule has 0 fully saturated rings. The monoisotopic (exact) mass is 714 g/mol. The molecule has 0 saturated carbocycles. The highest BCUT2D eigenvalue weighted by molar-refractivity contribution is 5.91. The molecule has 0 aliphatic carbocycles. The molecule has 0 amide bonds. The number of esters is 2. The molecule has 0 radical (unpaired) electrons. The van der Waals surface area contributed by atoms with E-state index in [0.717, 1.165) is 64.2 Å². The molecule has 6 nitrogen and oxygen atoms in total. The maximum absolute atomic E-state index is 11.5. The van der Waals surface area contributed by atoms with Crippen LogP contribution in [0.4, 0.5) is 0 Å². The zero-order valence-electron chi connectivity index (χ0n) is 32.3. The third-order valence-electron chi connectivity index (χ3n) is 6.77. The van der Waals surface area contributed by atoms with Gasteiger partial charge in [-0.05, 0) is 76.7 Å². The summed E-state index contributed by atoms with van der Waals surface area (Å²) in [6, 6.07) is 0. The highest BCUT2D eigenvalue weighted by Crippen LogP contribution is 2.01. The Hall–Kier alpha value is -4.55. The number of hydrogen-bond donors (Lipinski definition) is 1. The molecular weight excluding hydrogens is 649 g/mol. The van der Waals surface area contributed by atoms with Crippen LogP contribution in [0.1, 0.15) is 104 Å². The molecular formula is C46H66O6. The molecule has 286 valence electrons. The van der Waals surface area contributed by atoms with E-state index < -0.39 is 6.10 Å². The van der Waals surface area contributed by atoms with Crippen molar-refractivity contribution in [3.05, 3.63) is 146 Å². The maximum atomic E-state index is 11.5. The van der Waals surface area contributed by atoms with Crippen LogP contribution >= 0.6 is 0 Å². The Morgan fingerprint density at radius 3 is 1.19 bits per heavy atom. The van der Waals surface area contributed by atoms with Crippen molar-refractivity contribution in [1.29, 1.82) is 0 Å². The normalized spacial score (nSPS) is 13.4. The highest BCUT2D eigenvalue weighted by Gasteiger charge is 2.04. The fourth-order valence-electron chi connectivity index (χ4n) is 3.85. The minimum atomic E-state index is -0.615. The van der Waals surface area contributed by atoms with E-state index in [-0.39, 0.29) is 37.0 Å². The molecule has 0 heterocycles. The van der Waals surface area contributed by atoms with Gasteiger partial charge in [0.1, 0.15) is 0 Å². The van der Waals surface area contributed by atoms with Gasteiger partial charge in [0.2, 0.25) is 0 Å². The summed E-state index contributed by atoms with van der Waals surface area (Å²) in [6.07, 6.45) is 59.1. The van der Waals surface area contributed by atoms with Crippen LogP contribution in [-0.4, -0.2) is 43.2 Å². The number of ketones is 1. The van der Waals surface area contributed by atoms with Crippen molar-refractivity contribution in [1.82, 2.24) is 0 Å². The summed E-state index contributed by atoms with van der Waals surface area (Å²) in [5.74, 6) is -0.731. The second kappa shape index (κ2) is 42.6. The van der Waals surface area contributed by atoms with E-state index in [9.17, 15) is 19.5 Å². The van der Waals surface area contributed by atoms with Crippen molar-refractivity contribution < 1.29 is 29.0 Å². The lowest BCUT2D eigenvalue weighted by Crippen LogP contribution is -2.07. The van der Waals surface area contributed by atoms with Crippen LogP contribution < -0.4 is 0 Å². The van der Waals surface area contributed by atoms with E-state index >= 15 is 0 Å². The van der Waals surface area contributed by atoms with Crippen molar-refractivity contribution in [2.75, 3.05) is 14.2 Å².